The van der Waals surface area contributed by atoms with Crippen LogP contribution in [0.2, 0.25) is 0 Å². The molecule has 2 aromatic rings. The summed E-state index contributed by atoms with van der Waals surface area (Å²) in [6.07, 6.45) is 0.701. The van der Waals surface area contributed by atoms with E-state index in [2.05, 4.69) is 0 Å². The average molecular weight is 513 g/mol. The van der Waals surface area contributed by atoms with E-state index in [1.807, 2.05) is 13.8 Å². The van der Waals surface area contributed by atoms with E-state index in [-0.39, 0.29) is 22.9 Å². The molecular formula is C24H36N2O6S2. The number of benzene rings is 2. The molecule has 0 fully saturated rings. The number of hydrogen-bond acceptors (Lipinski definition) is 6. The lowest BCUT2D eigenvalue weighted by atomic mass is 10.2. The lowest BCUT2D eigenvalue weighted by molar-refractivity contribution is 0.154. The standard InChI is InChI=1S/C24H36N2O6S2/c1-5-21(17-27)25(33(29,30)23-11-7-19(3)8-12-23)15-16-26(22(6-2)18-28)34(31,32)24-13-9-20(4)10-14-24/h7-14,21-22,27-28H,5-6,15-18H2,1-4H3. The van der Waals surface area contributed by atoms with Crippen LogP contribution >= 0.6 is 0 Å². The summed E-state index contributed by atoms with van der Waals surface area (Å²) in [6.45, 7) is 6.10. The fraction of sp³-hybridized carbons (Fsp3) is 0.500. The Morgan fingerprint density at radius 2 is 0.941 bits per heavy atom. The van der Waals surface area contributed by atoms with Crippen LogP contribution in [0, 0.1) is 13.8 Å². The Kier molecular flexibility index (Phi) is 10.2. The maximum atomic E-state index is 13.5. The maximum Gasteiger partial charge on any atom is 0.243 e. The molecule has 2 aromatic carbocycles. The zero-order valence-corrected chi connectivity index (χ0v) is 21.9. The van der Waals surface area contributed by atoms with Crippen molar-refractivity contribution in [2.24, 2.45) is 0 Å². The van der Waals surface area contributed by atoms with Crippen molar-refractivity contribution >= 4 is 20.0 Å². The molecule has 2 atom stereocenters. The van der Waals surface area contributed by atoms with Crippen LogP contribution in [0.4, 0.5) is 0 Å². The number of rotatable bonds is 13. The molecule has 34 heavy (non-hydrogen) atoms. The third-order valence-electron chi connectivity index (χ3n) is 5.97. The minimum Gasteiger partial charge on any atom is -0.395 e. The van der Waals surface area contributed by atoms with E-state index in [4.69, 9.17) is 0 Å². The topological polar surface area (TPSA) is 115 Å². The quantitative estimate of drug-likeness (QED) is 0.426. The van der Waals surface area contributed by atoms with Crippen molar-refractivity contribution in [2.45, 2.75) is 62.4 Å². The number of hydrogen-bond donors (Lipinski definition) is 2. The first-order valence-corrected chi connectivity index (χ1v) is 14.3. The zero-order chi connectivity index (χ0) is 25.5. The van der Waals surface area contributed by atoms with Gasteiger partial charge in [0, 0.05) is 25.2 Å². The Morgan fingerprint density at radius 3 is 1.18 bits per heavy atom. The first kappa shape index (κ1) is 28.4. The molecule has 0 aliphatic carbocycles. The molecule has 0 radical (unpaired) electrons. The summed E-state index contributed by atoms with van der Waals surface area (Å²) in [5.74, 6) is 0. The second kappa shape index (κ2) is 12.2. The van der Waals surface area contributed by atoms with Crippen molar-refractivity contribution in [2.75, 3.05) is 26.3 Å². The molecule has 0 aromatic heterocycles. The first-order valence-electron chi connectivity index (χ1n) is 11.4. The molecule has 0 spiro atoms. The van der Waals surface area contributed by atoms with E-state index in [1.54, 1.807) is 38.1 Å². The van der Waals surface area contributed by atoms with Crippen molar-refractivity contribution in [3.05, 3.63) is 59.7 Å². The van der Waals surface area contributed by atoms with Crippen molar-refractivity contribution in [1.82, 2.24) is 8.61 Å². The summed E-state index contributed by atoms with van der Waals surface area (Å²) >= 11 is 0. The van der Waals surface area contributed by atoms with Crippen LogP contribution in [0.1, 0.15) is 37.8 Å². The van der Waals surface area contributed by atoms with Gasteiger partial charge in [0.2, 0.25) is 20.0 Å². The SMILES string of the molecule is CCC(CO)N(CCN(C(CC)CO)S(=O)(=O)c1ccc(C)cc1)S(=O)(=O)c1ccc(C)cc1. The predicted octanol–water partition coefficient (Wildman–Crippen LogP) is 2.53. The lowest BCUT2D eigenvalue weighted by Gasteiger charge is -2.34. The van der Waals surface area contributed by atoms with Gasteiger partial charge in [0.1, 0.15) is 0 Å². The fourth-order valence-electron chi connectivity index (χ4n) is 3.73. The molecule has 0 saturated carbocycles. The van der Waals surface area contributed by atoms with E-state index in [9.17, 15) is 27.0 Å². The highest BCUT2D eigenvalue weighted by Crippen LogP contribution is 2.24. The van der Waals surface area contributed by atoms with Gasteiger partial charge < -0.3 is 10.2 Å². The van der Waals surface area contributed by atoms with Crippen molar-refractivity contribution in [3.8, 4) is 0 Å². The van der Waals surface area contributed by atoms with Gasteiger partial charge in [-0.1, -0.05) is 49.2 Å². The molecule has 0 saturated heterocycles. The van der Waals surface area contributed by atoms with Gasteiger partial charge in [-0.15, -0.1) is 0 Å². The minimum atomic E-state index is -4.00. The molecule has 0 heterocycles. The van der Waals surface area contributed by atoms with E-state index < -0.39 is 45.3 Å². The predicted molar refractivity (Wildman–Crippen MR) is 132 cm³/mol. The lowest BCUT2D eigenvalue weighted by Crippen LogP contribution is -2.50. The second-order valence-electron chi connectivity index (χ2n) is 8.35. The Balaban J connectivity index is 2.47. The van der Waals surface area contributed by atoms with Crippen LogP contribution in [-0.2, 0) is 20.0 Å². The van der Waals surface area contributed by atoms with E-state index in [0.717, 1.165) is 11.1 Å². The molecule has 10 heteroatoms. The van der Waals surface area contributed by atoms with Crippen LogP contribution < -0.4 is 0 Å². The van der Waals surface area contributed by atoms with E-state index in [0.29, 0.717) is 12.8 Å². The van der Waals surface area contributed by atoms with Gasteiger partial charge in [-0.25, -0.2) is 16.8 Å². The summed E-state index contributed by atoms with van der Waals surface area (Å²) in [6, 6.07) is 11.4. The third-order valence-corrected chi connectivity index (χ3v) is 9.91. The van der Waals surface area contributed by atoms with Gasteiger partial charge in [-0.05, 0) is 51.0 Å². The number of nitrogens with zero attached hydrogens (tertiary/aromatic N) is 2. The normalized spacial score (nSPS) is 14.5. The van der Waals surface area contributed by atoms with Gasteiger partial charge in [-0.3, -0.25) is 0 Å². The van der Waals surface area contributed by atoms with Gasteiger partial charge in [0.25, 0.3) is 0 Å². The summed E-state index contributed by atoms with van der Waals surface area (Å²) in [7, 11) is -8.00. The number of aliphatic hydroxyl groups excluding tert-OH is 2. The molecule has 190 valence electrons. The summed E-state index contributed by atoms with van der Waals surface area (Å²) in [4.78, 5) is 0.152. The third kappa shape index (κ3) is 6.44. The van der Waals surface area contributed by atoms with E-state index >= 15 is 0 Å². The maximum absolute atomic E-state index is 13.5. The van der Waals surface area contributed by atoms with Crippen LogP contribution in [-0.4, -0.2) is 74.0 Å². The molecule has 0 amide bonds. The molecule has 0 aliphatic heterocycles. The Hall–Kier alpha value is -1.82. The van der Waals surface area contributed by atoms with Crippen molar-refractivity contribution in [3.63, 3.8) is 0 Å². The first-order chi connectivity index (χ1) is 16.0. The molecule has 2 rings (SSSR count). The summed E-state index contributed by atoms with van der Waals surface area (Å²) in [5.41, 5.74) is 1.81. The Bertz CT molecular complexity index is 1020. The van der Waals surface area contributed by atoms with E-state index in [1.165, 1.54) is 32.9 Å². The average Bonchev–Trinajstić information content (AvgIpc) is 2.81. The molecule has 0 bridgehead atoms. The Morgan fingerprint density at radius 1 is 0.647 bits per heavy atom. The summed E-state index contributed by atoms with van der Waals surface area (Å²) in [5, 5.41) is 19.8. The zero-order valence-electron chi connectivity index (χ0n) is 20.3. The van der Waals surface area contributed by atoms with Crippen LogP contribution in [0.3, 0.4) is 0 Å². The molecule has 2 unspecified atom stereocenters. The summed E-state index contributed by atoms with van der Waals surface area (Å²) < 4.78 is 56.2. The van der Waals surface area contributed by atoms with Gasteiger partial charge in [-0.2, -0.15) is 8.61 Å². The Labute approximate surface area is 203 Å². The number of aryl methyl sites for hydroxylation is 2. The van der Waals surface area contributed by atoms with Crippen LogP contribution in [0.15, 0.2) is 58.3 Å². The van der Waals surface area contributed by atoms with Gasteiger partial charge >= 0.3 is 0 Å². The molecular weight excluding hydrogens is 476 g/mol. The van der Waals surface area contributed by atoms with Gasteiger partial charge in [0.15, 0.2) is 0 Å². The van der Waals surface area contributed by atoms with Crippen molar-refractivity contribution in [1.29, 1.82) is 0 Å². The molecule has 8 nitrogen and oxygen atoms in total. The largest absolute Gasteiger partial charge is 0.395 e. The van der Waals surface area contributed by atoms with Crippen LogP contribution in [0.5, 0.6) is 0 Å². The highest BCUT2D eigenvalue weighted by molar-refractivity contribution is 7.89. The smallest absolute Gasteiger partial charge is 0.243 e. The van der Waals surface area contributed by atoms with Crippen molar-refractivity contribution < 1.29 is 27.0 Å². The second-order valence-corrected chi connectivity index (χ2v) is 12.1. The highest BCUT2D eigenvalue weighted by atomic mass is 32.2. The minimum absolute atomic E-state index is 0.0761. The van der Waals surface area contributed by atoms with Crippen LogP contribution in [0.25, 0.3) is 0 Å². The molecule has 2 N–H and O–H groups in total. The number of sulfonamides is 2. The fourth-order valence-corrected chi connectivity index (χ4v) is 7.10. The monoisotopic (exact) mass is 512 g/mol. The molecule has 0 aliphatic rings. The van der Waals surface area contributed by atoms with Gasteiger partial charge in [0.05, 0.1) is 23.0 Å². The highest BCUT2D eigenvalue weighted by Gasteiger charge is 2.35. The number of aliphatic hydroxyl groups is 2.